The van der Waals surface area contributed by atoms with Crippen LogP contribution in [0.3, 0.4) is 0 Å². The Morgan fingerprint density at radius 3 is 2.60 bits per heavy atom. The van der Waals surface area contributed by atoms with Crippen molar-refractivity contribution in [3.8, 4) is 23.0 Å². The summed E-state index contributed by atoms with van der Waals surface area (Å²) in [6.07, 6.45) is 2.95. The first kappa shape index (κ1) is 21.0. The monoisotopic (exact) mass is 412 g/mol. The van der Waals surface area contributed by atoms with Crippen LogP contribution in [0.2, 0.25) is 0 Å². The summed E-state index contributed by atoms with van der Waals surface area (Å²) in [6, 6.07) is 8.96. The van der Waals surface area contributed by atoms with E-state index in [2.05, 4.69) is 10.6 Å². The Bertz CT molecular complexity index is 953. The number of methoxy groups -OCH3 is 2. The van der Waals surface area contributed by atoms with Crippen LogP contribution in [-0.2, 0) is 9.59 Å². The molecule has 158 valence electrons. The van der Waals surface area contributed by atoms with Crippen LogP contribution < -0.4 is 29.6 Å². The van der Waals surface area contributed by atoms with Crippen LogP contribution in [0, 0.1) is 6.92 Å². The Labute approximate surface area is 174 Å². The van der Waals surface area contributed by atoms with E-state index in [0.29, 0.717) is 47.5 Å². The van der Waals surface area contributed by atoms with E-state index in [9.17, 15) is 9.59 Å². The second kappa shape index (κ2) is 9.69. The molecule has 2 N–H and O–H groups in total. The zero-order valence-electron chi connectivity index (χ0n) is 17.1. The molecular weight excluding hydrogens is 388 g/mol. The van der Waals surface area contributed by atoms with Crippen LogP contribution in [0.5, 0.6) is 23.0 Å². The third-order valence-corrected chi connectivity index (χ3v) is 4.33. The predicted octanol–water partition coefficient (Wildman–Crippen LogP) is 2.55. The second-order valence-electron chi connectivity index (χ2n) is 6.55. The Morgan fingerprint density at radius 1 is 1.07 bits per heavy atom. The van der Waals surface area contributed by atoms with Gasteiger partial charge in [0.1, 0.15) is 19.0 Å². The number of carbonyl (C=O) groups excluding carboxylic acids is 2. The number of rotatable bonds is 7. The summed E-state index contributed by atoms with van der Waals surface area (Å²) in [7, 11) is 3.06. The molecular formula is C22H24N2O6. The van der Waals surface area contributed by atoms with Gasteiger partial charge >= 0.3 is 0 Å². The molecule has 0 radical (unpaired) electrons. The number of nitrogens with one attached hydrogen (secondary N) is 2. The van der Waals surface area contributed by atoms with Gasteiger partial charge in [-0.15, -0.1) is 0 Å². The number of hydrogen-bond acceptors (Lipinski definition) is 6. The zero-order valence-corrected chi connectivity index (χ0v) is 17.1. The van der Waals surface area contributed by atoms with Crippen LogP contribution >= 0.6 is 0 Å². The number of aryl methyl sites for hydroxylation is 1. The van der Waals surface area contributed by atoms with Crippen molar-refractivity contribution >= 4 is 23.6 Å². The fourth-order valence-corrected chi connectivity index (χ4v) is 2.90. The molecule has 3 rings (SSSR count). The number of carbonyl (C=O) groups is 2. The highest BCUT2D eigenvalue weighted by molar-refractivity contribution is 5.98. The molecule has 0 bridgehead atoms. The van der Waals surface area contributed by atoms with Crippen molar-refractivity contribution in [3.63, 3.8) is 0 Å². The van der Waals surface area contributed by atoms with Crippen LogP contribution in [0.15, 0.2) is 36.4 Å². The van der Waals surface area contributed by atoms with Gasteiger partial charge in [-0.25, -0.2) is 0 Å². The Morgan fingerprint density at radius 2 is 1.83 bits per heavy atom. The van der Waals surface area contributed by atoms with E-state index in [1.165, 1.54) is 20.3 Å². The average Bonchev–Trinajstić information content (AvgIpc) is 2.75. The van der Waals surface area contributed by atoms with Gasteiger partial charge in [0, 0.05) is 6.08 Å². The highest BCUT2D eigenvalue weighted by Crippen LogP contribution is 2.40. The van der Waals surface area contributed by atoms with E-state index >= 15 is 0 Å². The Kier molecular flexibility index (Phi) is 6.79. The molecule has 0 aliphatic carbocycles. The summed E-state index contributed by atoms with van der Waals surface area (Å²) < 4.78 is 21.7. The lowest BCUT2D eigenvalue weighted by molar-refractivity contribution is -0.121. The minimum Gasteiger partial charge on any atom is -0.495 e. The number of ether oxygens (including phenoxy) is 4. The van der Waals surface area contributed by atoms with Gasteiger partial charge in [-0.05, 0) is 48.4 Å². The third-order valence-electron chi connectivity index (χ3n) is 4.33. The van der Waals surface area contributed by atoms with Gasteiger partial charge in [-0.3, -0.25) is 9.59 Å². The van der Waals surface area contributed by atoms with Crippen molar-refractivity contribution in [2.75, 3.05) is 39.3 Å². The minimum atomic E-state index is -0.407. The van der Waals surface area contributed by atoms with E-state index in [1.54, 1.807) is 30.3 Å². The topological polar surface area (TPSA) is 95.1 Å². The summed E-state index contributed by atoms with van der Waals surface area (Å²) in [5.74, 6) is 1.42. The lowest BCUT2D eigenvalue weighted by Crippen LogP contribution is -2.31. The molecule has 2 amide bonds. The normalized spacial score (nSPS) is 12.4. The first-order chi connectivity index (χ1) is 14.5. The van der Waals surface area contributed by atoms with Crippen LogP contribution in [0.1, 0.15) is 11.1 Å². The molecule has 8 nitrogen and oxygen atoms in total. The zero-order chi connectivity index (χ0) is 21.5. The van der Waals surface area contributed by atoms with Gasteiger partial charge in [-0.1, -0.05) is 6.07 Å². The number of fused-ring (bicyclic) bond motifs is 1. The molecule has 1 aliphatic rings. The fraction of sp³-hybridized carbons (Fsp3) is 0.273. The summed E-state index contributed by atoms with van der Waals surface area (Å²) >= 11 is 0. The van der Waals surface area contributed by atoms with E-state index < -0.39 is 5.91 Å². The van der Waals surface area contributed by atoms with Crippen LogP contribution in [0.4, 0.5) is 5.69 Å². The molecule has 30 heavy (non-hydrogen) atoms. The largest absolute Gasteiger partial charge is 0.495 e. The van der Waals surface area contributed by atoms with Gasteiger partial charge in [0.25, 0.3) is 0 Å². The van der Waals surface area contributed by atoms with Gasteiger partial charge in [0.2, 0.25) is 17.6 Å². The second-order valence-corrected chi connectivity index (χ2v) is 6.55. The van der Waals surface area contributed by atoms with Gasteiger partial charge in [0.15, 0.2) is 11.5 Å². The highest BCUT2D eigenvalue weighted by Gasteiger charge is 2.17. The van der Waals surface area contributed by atoms with Crippen LogP contribution in [-0.4, -0.2) is 45.8 Å². The van der Waals surface area contributed by atoms with Crippen molar-refractivity contribution in [2.24, 2.45) is 0 Å². The maximum absolute atomic E-state index is 12.2. The molecule has 0 atom stereocenters. The van der Waals surface area contributed by atoms with Crippen molar-refractivity contribution in [2.45, 2.75) is 6.92 Å². The Balaban J connectivity index is 1.58. The smallest absolute Gasteiger partial charge is 0.244 e. The molecule has 0 aromatic heterocycles. The lowest BCUT2D eigenvalue weighted by Gasteiger charge is -2.20. The number of amides is 2. The predicted molar refractivity (Wildman–Crippen MR) is 112 cm³/mol. The van der Waals surface area contributed by atoms with E-state index in [4.69, 9.17) is 18.9 Å². The van der Waals surface area contributed by atoms with E-state index in [1.807, 2.05) is 13.0 Å². The summed E-state index contributed by atoms with van der Waals surface area (Å²) in [4.78, 5) is 24.3. The molecule has 0 spiro atoms. The summed E-state index contributed by atoms with van der Waals surface area (Å²) in [5, 5.41) is 5.28. The van der Waals surface area contributed by atoms with Crippen molar-refractivity contribution in [1.82, 2.24) is 5.32 Å². The molecule has 0 fully saturated rings. The molecule has 1 heterocycles. The molecule has 2 aromatic rings. The minimum absolute atomic E-state index is 0.176. The molecule has 0 saturated carbocycles. The molecule has 0 unspecified atom stereocenters. The number of hydrogen-bond donors (Lipinski definition) is 2. The average molecular weight is 412 g/mol. The van der Waals surface area contributed by atoms with Crippen molar-refractivity contribution in [3.05, 3.63) is 47.5 Å². The lowest BCUT2D eigenvalue weighted by atomic mass is 10.1. The fourth-order valence-electron chi connectivity index (χ4n) is 2.90. The maximum atomic E-state index is 12.2. The molecule has 1 aliphatic heterocycles. The highest BCUT2D eigenvalue weighted by atomic mass is 16.6. The summed E-state index contributed by atoms with van der Waals surface area (Å²) in [6.45, 7) is 2.64. The first-order valence-electron chi connectivity index (χ1n) is 9.38. The van der Waals surface area contributed by atoms with Gasteiger partial charge in [-0.2, -0.15) is 0 Å². The number of anilines is 1. The first-order valence-corrected chi connectivity index (χ1v) is 9.38. The van der Waals surface area contributed by atoms with Crippen LogP contribution in [0.25, 0.3) is 6.08 Å². The SMILES string of the molecule is COc1ccc(C)cc1NC(=O)CNC(=O)/C=C/c1cc(OC)c2c(c1)OCCO2. The molecule has 0 saturated heterocycles. The third kappa shape index (κ3) is 5.22. The quantitative estimate of drug-likeness (QED) is 0.679. The van der Waals surface area contributed by atoms with E-state index in [0.717, 1.165) is 5.56 Å². The number of benzene rings is 2. The molecule has 2 aromatic carbocycles. The maximum Gasteiger partial charge on any atom is 0.244 e. The van der Waals surface area contributed by atoms with Gasteiger partial charge in [0.05, 0.1) is 26.5 Å². The van der Waals surface area contributed by atoms with Gasteiger partial charge < -0.3 is 29.6 Å². The van der Waals surface area contributed by atoms with E-state index in [-0.39, 0.29) is 12.5 Å². The standard InChI is InChI=1S/C22H24N2O6/c1-14-4-6-17(27-2)16(10-14)24-21(26)13-23-20(25)7-5-15-11-18(28-3)22-19(12-15)29-8-9-30-22/h4-7,10-12H,8-9,13H2,1-3H3,(H,23,25)(H,24,26)/b7-5+. The molecule has 8 heteroatoms. The summed E-state index contributed by atoms with van der Waals surface area (Å²) in [5.41, 5.74) is 2.24. The van der Waals surface area contributed by atoms with Crippen molar-refractivity contribution < 1.29 is 28.5 Å². The Hall–Kier alpha value is -3.68. The van der Waals surface area contributed by atoms with Crippen molar-refractivity contribution in [1.29, 1.82) is 0 Å².